The van der Waals surface area contributed by atoms with Gasteiger partial charge in [-0.2, -0.15) is 0 Å². The molecule has 0 aromatic carbocycles. The predicted molar refractivity (Wildman–Crippen MR) is 72.5 cm³/mol. The van der Waals surface area contributed by atoms with Crippen molar-refractivity contribution >= 4 is 15.9 Å². The molecule has 0 aliphatic heterocycles. The number of alkyl halides is 1. The number of halogens is 1. The molecule has 0 radical (unpaired) electrons. The van der Waals surface area contributed by atoms with Gasteiger partial charge in [0, 0.05) is 4.32 Å². The van der Waals surface area contributed by atoms with E-state index in [1.54, 1.807) is 0 Å². The second kappa shape index (κ2) is 4.77. The van der Waals surface area contributed by atoms with Gasteiger partial charge in [0.25, 0.3) is 0 Å². The SMILES string of the molecule is CCC(C)(C)C1CCC(C(C)(C)Br)CC1. The van der Waals surface area contributed by atoms with Gasteiger partial charge in [0.05, 0.1) is 0 Å². The Morgan fingerprint density at radius 2 is 1.33 bits per heavy atom. The van der Waals surface area contributed by atoms with Crippen LogP contribution in [0.15, 0.2) is 0 Å². The minimum atomic E-state index is 0.342. The summed E-state index contributed by atoms with van der Waals surface area (Å²) >= 11 is 3.83. The van der Waals surface area contributed by atoms with Crippen molar-refractivity contribution in [3.63, 3.8) is 0 Å². The summed E-state index contributed by atoms with van der Waals surface area (Å²) in [5.41, 5.74) is 0.557. The first-order chi connectivity index (χ1) is 6.77. The molecule has 0 spiro atoms. The summed E-state index contributed by atoms with van der Waals surface area (Å²) < 4.78 is 0.342. The zero-order valence-electron chi connectivity index (χ0n) is 11.1. The van der Waals surface area contributed by atoms with Gasteiger partial charge in [-0.25, -0.2) is 0 Å². The van der Waals surface area contributed by atoms with E-state index in [0.717, 1.165) is 11.8 Å². The molecule has 0 atom stereocenters. The maximum Gasteiger partial charge on any atom is 0.0229 e. The van der Waals surface area contributed by atoms with Crippen molar-refractivity contribution in [2.45, 2.75) is 71.0 Å². The Kier molecular flexibility index (Phi) is 4.31. The molecule has 0 N–H and O–H groups in total. The first-order valence-electron chi connectivity index (χ1n) is 6.46. The Bertz CT molecular complexity index is 192. The molecule has 90 valence electrons. The van der Waals surface area contributed by atoms with Crippen LogP contribution in [0.25, 0.3) is 0 Å². The van der Waals surface area contributed by atoms with Gasteiger partial charge in [-0.3, -0.25) is 0 Å². The van der Waals surface area contributed by atoms with Crippen LogP contribution in [0.1, 0.15) is 66.7 Å². The average Bonchev–Trinajstić information content (AvgIpc) is 2.17. The molecular weight excluding hydrogens is 248 g/mol. The summed E-state index contributed by atoms with van der Waals surface area (Å²) in [6, 6.07) is 0. The number of hydrogen-bond acceptors (Lipinski definition) is 0. The second-order valence-electron chi connectivity index (χ2n) is 6.46. The van der Waals surface area contributed by atoms with Crippen LogP contribution in [-0.2, 0) is 0 Å². The van der Waals surface area contributed by atoms with Crippen LogP contribution in [0, 0.1) is 17.3 Å². The summed E-state index contributed by atoms with van der Waals surface area (Å²) in [4.78, 5) is 0. The Hall–Kier alpha value is 0.480. The fourth-order valence-electron chi connectivity index (χ4n) is 2.85. The van der Waals surface area contributed by atoms with Crippen LogP contribution in [0.2, 0.25) is 0 Å². The van der Waals surface area contributed by atoms with Crippen molar-refractivity contribution in [1.29, 1.82) is 0 Å². The maximum absolute atomic E-state index is 3.83. The van der Waals surface area contributed by atoms with E-state index >= 15 is 0 Å². The van der Waals surface area contributed by atoms with E-state index in [4.69, 9.17) is 0 Å². The highest BCUT2D eigenvalue weighted by molar-refractivity contribution is 9.10. The standard InChI is InChI=1S/C14H27Br/c1-6-13(2,3)11-7-9-12(10-8-11)14(4,5)15/h11-12H,6-10H2,1-5H3. The lowest BCUT2D eigenvalue weighted by atomic mass is 9.66. The molecule has 1 aliphatic carbocycles. The van der Waals surface area contributed by atoms with Crippen LogP contribution < -0.4 is 0 Å². The molecule has 0 unspecified atom stereocenters. The van der Waals surface area contributed by atoms with Gasteiger partial charge < -0.3 is 0 Å². The van der Waals surface area contributed by atoms with Gasteiger partial charge in [0.15, 0.2) is 0 Å². The van der Waals surface area contributed by atoms with Crippen LogP contribution in [0.4, 0.5) is 0 Å². The lowest BCUT2D eigenvalue weighted by Crippen LogP contribution is -2.33. The first-order valence-corrected chi connectivity index (χ1v) is 7.25. The van der Waals surface area contributed by atoms with Crippen molar-refractivity contribution in [1.82, 2.24) is 0 Å². The molecule has 0 aromatic heterocycles. The monoisotopic (exact) mass is 274 g/mol. The Labute approximate surface area is 104 Å². The minimum absolute atomic E-state index is 0.342. The molecule has 1 heteroatoms. The molecule has 1 aliphatic rings. The number of hydrogen-bond donors (Lipinski definition) is 0. The van der Waals surface area contributed by atoms with Gasteiger partial charge in [-0.1, -0.05) is 43.1 Å². The van der Waals surface area contributed by atoms with E-state index in [-0.39, 0.29) is 0 Å². The van der Waals surface area contributed by atoms with Crippen molar-refractivity contribution in [3.8, 4) is 0 Å². The molecule has 0 bridgehead atoms. The summed E-state index contributed by atoms with van der Waals surface area (Å²) in [5, 5.41) is 0. The second-order valence-corrected chi connectivity index (χ2v) is 8.50. The van der Waals surface area contributed by atoms with E-state index in [2.05, 4.69) is 50.5 Å². The average molecular weight is 275 g/mol. The molecule has 1 fully saturated rings. The normalized spacial score (nSPS) is 29.2. The minimum Gasteiger partial charge on any atom is -0.0856 e. The van der Waals surface area contributed by atoms with Crippen molar-refractivity contribution in [2.75, 3.05) is 0 Å². The Balaban J connectivity index is 2.50. The summed E-state index contributed by atoms with van der Waals surface area (Å²) in [6.07, 6.45) is 7.00. The topological polar surface area (TPSA) is 0 Å². The third-order valence-corrected chi connectivity index (χ3v) is 5.36. The van der Waals surface area contributed by atoms with Gasteiger partial charge >= 0.3 is 0 Å². The molecule has 0 heterocycles. The first kappa shape index (κ1) is 13.5. The molecule has 1 rings (SSSR count). The number of rotatable bonds is 3. The lowest BCUT2D eigenvalue weighted by Gasteiger charge is -2.42. The van der Waals surface area contributed by atoms with Gasteiger partial charge in [0.2, 0.25) is 0 Å². The van der Waals surface area contributed by atoms with E-state index < -0.39 is 0 Å². The van der Waals surface area contributed by atoms with Gasteiger partial charge in [-0.05, 0) is 56.8 Å². The van der Waals surface area contributed by atoms with Crippen molar-refractivity contribution in [2.24, 2.45) is 17.3 Å². The molecular formula is C14H27Br. The smallest absolute Gasteiger partial charge is 0.0229 e. The molecule has 0 amide bonds. The fourth-order valence-corrected chi connectivity index (χ4v) is 3.31. The Morgan fingerprint density at radius 1 is 0.933 bits per heavy atom. The quantitative estimate of drug-likeness (QED) is 0.605. The summed E-state index contributed by atoms with van der Waals surface area (Å²) in [5.74, 6) is 1.83. The van der Waals surface area contributed by atoms with Crippen LogP contribution >= 0.6 is 15.9 Å². The summed E-state index contributed by atoms with van der Waals surface area (Å²) in [7, 11) is 0. The summed E-state index contributed by atoms with van der Waals surface area (Å²) in [6.45, 7) is 11.9. The molecule has 1 saturated carbocycles. The highest BCUT2D eigenvalue weighted by atomic mass is 79.9. The maximum atomic E-state index is 3.83. The highest BCUT2D eigenvalue weighted by Crippen LogP contribution is 2.46. The van der Waals surface area contributed by atoms with E-state index in [1.165, 1.54) is 32.1 Å². The third kappa shape index (κ3) is 3.47. The van der Waals surface area contributed by atoms with E-state index in [0.29, 0.717) is 9.74 Å². The fraction of sp³-hybridized carbons (Fsp3) is 1.00. The lowest BCUT2D eigenvalue weighted by molar-refractivity contribution is 0.120. The van der Waals surface area contributed by atoms with Crippen molar-refractivity contribution < 1.29 is 0 Å². The third-order valence-electron chi connectivity index (χ3n) is 4.71. The molecule has 0 saturated heterocycles. The molecule has 0 aromatic rings. The largest absolute Gasteiger partial charge is 0.0856 e. The van der Waals surface area contributed by atoms with Crippen molar-refractivity contribution in [3.05, 3.63) is 0 Å². The molecule has 15 heavy (non-hydrogen) atoms. The zero-order valence-corrected chi connectivity index (χ0v) is 12.7. The molecule has 0 nitrogen and oxygen atoms in total. The zero-order chi connectivity index (χ0) is 11.7. The van der Waals surface area contributed by atoms with Gasteiger partial charge in [0.1, 0.15) is 0 Å². The Morgan fingerprint density at radius 3 is 1.67 bits per heavy atom. The highest BCUT2D eigenvalue weighted by Gasteiger charge is 2.36. The van der Waals surface area contributed by atoms with E-state index in [1.807, 2.05) is 0 Å². The van der Waals surface area contributed by atoms with Gasteiger partial charge in [-0.15, -0.1) is 0 Å². The van der Waals surface area contributed by atoms with Crippen LogP contribution in [0.3, 0.4) is 0 Å². The predicted octanol–water partition coefficient (Wildman–Crippen LogP) is 5.40. The van der Waals surface area contributed by atoms with Crippen LogP contribution in [0.5, 0.6) is 0 Å². The van der Waals surface area contributed by atoms with Crippen LogP contribution in [-0.4, -0.2) is 4.32 Å². The van der Waals surface area contributed by atoms with E-state index in [9.17, 15) is 0 Å².